The van der Waals surface area contributed by atoms with E-state index in [9.17, 15) is 41.4 Å². The number of carbonyl (C=O) groups is 2. The van der Waals surface area contributed by atoms with Gasteiger partial charge in [0.15, 0.2) is 0 Å². The van der Waals surface area contributed by atoms with E-state index < -0.39 is 34.0 Å². The normalized spacial score (nSPS) is 22.3. The second kappa shape index (κ2) is 15.1. The molecule has 4 aliphatic heterocycles. The van der Waals surface area contributed by atoms with E-state index in [-0.39, 0.29) is 54.6 Å². The Hall–Kier alpha value is -2.74. The number of amides is 2. The molecule has 2 atom stereocenters. The van der Waals surface area contributed by atoms with Crippen LogP contribution in [0.3, 0.4) is 0 Å². The van der Waals surface area contributed by atoms with Gasteiger partial charge in [-0.25, -0.2) is 8.42 Å². The molecule has 276 valence electrons. The first-order chi connectivity index (χ1) is 23.7. The smallest absolute Gasteiger partial charge is 0.391 e. The number of hydrogen-bond donors (Lipinski definition) is 2. The average Bonchev–Trinajstić information content (AvgIpc) is 3.61. The first-order valence-corrected chi connectivity index (χ1v) is 19.6. The lowest BCUT2D eigenvalue weighted by atomic mass is 10.0. The van der Waals surface area contributed by atoms with Crippen LogP contribution < -0.4 is 0 Å². The number of hydrogen-bond acceptors (Lipinski definition) is 10. The number of piperidine rings is 1. The highest BCUT2D eigenvalue weighted by Gasteiger charge is 2.37. The minimum atomic E-state index is -4.67. The van der Waals surface area contributed by atoms with Gasteiger partial charge in [0.05, 0.1) is 61.7 Å². The van der Waals surface area contributed by atoms with E-state index in [0.29, 0.717) is 81.4 Å². The van der Waals surface area contributed by atoms with Crippen molar-refractivity contribution in [3.05, 3.63) is 35.0 Å². The molecular formula is C32H43F3N6O7S2. The Labute approximate surface area is 293 Å². The third-order valence-electron chi connectivity index (χ3n) is 9.83. The summed E-state index contributed by atoms with van der Waals surface area (Å²) in [7, 11) is -3.58. The second-order valence-corrected chi connectivity index (χ2v) is 16.4. The molecule has 3 saturated heterocycles. The summed E-state index contributed by atoms with van der Waals surface area (Å²) in [6.45, 7) is 3.77. The maximum absolute atomic E-state index is 14.1. The fourth-order valence-corrected chi connectivity index (χ4v) is 9.03. The van der Waals surface area contributed by atoms with E-state index in [1.54, 1.807) is 14.5 Å². The van der Waals surface area contributed by atoms with Gasteiger partial charge in [-0.05, 0) is 25.0 Å². The van der Waals surface area contributed by atoms with Crippen molar-refractivity contribution in [2.24, 2.45) is 0 Å². The van der Waals surface area contributed by atoms with Crippen LogP contribution in [0, 0.1) is 0 Å². The minimum Gasteiger partial charge on any atom is -0.391 e. The van der Waals surface area contributed by atoms with E-state index in [4.69, 9.17) is 9.84 Å². The number of likely N-dealkylation sites (tertiary alicyclic amines) is 2. The molecule has 3 fully saturated rings. The molecule has 2 N–H and O–H groups in total. The number of aliphatic hydroxyl groups excluding tert-OH is 2. The Morgan fingerprint density at radius 1 is 1.12 bits per heavy atom. The number of β-amino-alcohol motifs (C(OH)–C–C–N with tert-alkyl or cyclic N) is 2. The molecule has 50 heavy (non-hydrogen) atoms. The molecule has 0 aliphatic carbocycles. The number of halogens is 3. The van der Waals surface area contributed by atoms with Crippen LogP contribution in [0.5, 0.6) is 0 Å². The van der Waals surface area contributed by atoms with E-state index in [1.165, 1.54) is 16.4 Å². The zero-order valence-electron chi connectivity index (χ0n) is 27.8. The first kappa shape index (κ1) is 37.0. The Morgan fingerprint density at radius 3 is 2.48 bits per heavy atom. The molecule has 6 rings (SSSR count). The summed E-state index contributed by atoms with van der Waals surface area (Å²) >= 11 is 0.799. The molecule has 1 aromatic heterocycles. The number of fused-ring (bicyclic) bond motifs is 1. The summed E-state index contributed by atoms with van der Waals surface area (Å²) in [5, 5.41) is 25.8. The molecule has 0 saturated carbocycles. The number of morpholine rings is 1. The predicted octanol–water partition coefficient (Wildman–Crippen LogP) is 1.26. The summed E-state index contributed by atoms with van der Waals surface area (Å²) in [4.78, 5) is 30.3. The van der Waals surface area contributed by atoms with Gasteiger partial charge in [-0.2, -0.15) is 22.6 Å². The molecule has 4 aliphatic rings. The number of thioether (sulfide) groups is 1. The monoisotopic (exact) mass is 744 g/mol. The van der Waals surface area contributed by atoms with Gasteiger partial charge in [0.2, 0.25) is 21.8 Å². The molecule has 2 aromatic rings. The van der Waals surface area contributed by atoms with Gasteiger partial charge in [0.1, 0.15) is 0 Å². The maximum Gasteiger partial charge on any atom is 0.417 e. The van der Waals surface area contributed by atoms with Crippen molar-refractivity contribution in [2.75, 3.05) is 71.0 Å². The Morgan fingerprint density at radius 2 is 1.84 bits per heavy atom. The summed E-state index contributed by atoms with van der Waals surface area (Å²) < 4.78 is 75.6. The number of ether oxygens (including phenoxy) is 1. The highest BCUT2D eigenvalue weighted by molar-refractivity contribution is 8.00. The van der Waals surface area contributed by atoms with E-state index in [1.807, 2.05) is 0 Å². The van der Waals surface area contributed by atoms with Crippen LogP contribution in [0.25, 0.3) is 11.3 Å². The van der Waals surface area contributed by atoms with Gasteiger partial charge in [-0.3, -0.25) is 14.3 Å². The van der Waals surface area contributed by atoms with Crippen molar-refractivity contribution in [3.8, 4) is 11.3 Å². The summed E-state index contributed by atoms with van der Waals surface area (Å²) in [5.74, 6) is -0.519. The average molecular weight is 745 g/mol. The van der Waals surface area contributed by atoms with Gasteiger partial charge in [-0.1, -0.05) is 6.07 Å². The van der Waals surface area contributed by atoms with Crippen LogP contribution in [0.2, 0.25) is 0 Å². The first-order valence-electron chi connectivity index (χ1n) is 16.8. The van der Waals surface area contributed by atoms with Gasteiger partial charge < -0.3 is 29.6 Å². The second-order valence-electron chi connectivity index (χ2n) is 13.4. The van der Waals surface area contributed by atoms with Crippen molar-refractivity contribution < 1.29 is 46.1 Å². The molecule has 0 bridgehead atoms. The maximum atomic E-state index is 14.1. The summed E-state index contributed by atoms with van der Waals surface area (Å²) in [6.07, 6.45) is -3.14. The number of alkyl halides is 3. The molecule has 13 nitrogen and oxygen atoms in total. The van der Waals surface area contributed by atoms with E-state index in [0.717, 1.165) is 36.9 Å². The number of nitrogens with zero attached hydrogens (tertiary/aromatic N) is 6. The minimum absolute atomic E-state index is 0.0178. The van der Waals surface area contributed by atoms with Gasteiger partial charge in [0.25, 0.3) is 0 Å². The summed E-state index contributed by atoms with van der Waals surface area (Å²) in [5.41, 5.74) is 1.07. The number of sulfonamides is 1. The molecular weight excluding hydrogens is 702 g/mol. The Bertz CT molecular complexity index is 1680. The van der Waals surface area contributed by atoms with Gasteiger partial charge >= 0.3 is 6.18 Å². The number of carbonyl (C=O) groups excluding carboxylic acids is 2. The molecule has 0 radical (unpaired) electrons. The van der Waals surface area contributed by atoms with Crippen molar-refractivity contribution in [2.45, 2.75) is 68.1 Å². The van der Waals surface area contributed by atoms with Crippen molar-refractivity contribution >= 4 is 33.6 Å². The SMILES string of the molecule is CS(=O)(=O)N1CCc2c(c(-c3ccc(C(F)(F)F)c(SCC(=O)N4CCOCC4)c3)nn2CC(O)CN2CCC(N3CC(O)CC3=O)CC2)C1. The van der Waals surface area contributed by atoms with E-state index >= 15 is 0 Å². The number of aliphatic hydroxyl groups is 2. The number of benzene rings is 1. The Kier molecular flexibility index (Phi) is 11.2. The molecule has 2 amide bonds. The van der Waals surface area contributed by atoms with Crippen LogP contribution in [-0.2, 0) is 50.0 Å². The molecule has 5 heterocycles. The lowest BCUT2D eigenvalue weighted by molar-refractivity contribution is -0.140. The topological polar surface area (TPSA) is 149 Å². The zero-order valence-corrected chi connectivity index (χ0v) is 29.5. The van der Waals surface area contributed by atoms with Crippen LogP contribution in [0.4, 0.5) is 13.2 Å². The molecule has 2 unspecified atom stereocenters. The molecule has 0 spiro atoms. The summed E-state index contributed by atoms with van der Waals surface area (Å²) in [6, 6.07) is 3.69. The molecule has 18 heteroatoms. The Balaban J connectivity index is 1.21. The predicted molar refractivity (Wildman–Crippen MR) is 178 cm³/mol. The van der Waals surface area contributed by atoms with Gasteiger partial charge in [-0.15, -0.1) is 11.8 Å². The largest absolute Gasteiger partial charge is 0.417 e. The van der Waals surface area contributed by atoms with E-state index in [2.05, 4.69) is 4.90 Å². The fraction of sp³-hybridized carbons (Fsp3) is 0.656. The van der Waals surface area contributed by atoms with Crippen LogP contribution in [0.15, 0.2) is 23.1 Å². The quantitative estimate of drug-likeness (QED) is 0.341. The van der Waals surface area contributed by atoms with Crippen LogP contribution in [-0.4, -0.2) is 149 Å². The number of rotatable bonds is 10. The van der Waals surface area contributed by atoms with Crippen molar-refractivity contribution in [1.82, 2.24) is 28.8 Å². The van der Waals surface area contributed by atoms with Gasteiger partial charge in [0, 0.05) is 86.5 Å². The molecule has 1 aromatic carbocycles. The standard InChI is InChI=1S/C32H43F3N6O7S2/c1-50(46,47)39-9-6-27-25(19-39)31(21-2-3-26(32(33,34)35)28(14-21)49-20-30(45)38-10-12-48-13-11-38)36-41(27)18-24(43)16-37-7-4-22(5-8-37)40-17-23(42)15-29(40)44/h2-3,14,22-24,42-43H,4-13,15-20H2,1H3. The highest BCUT2D eigenvalue weighted by atomic mass is 32.2. The fourth-order valence-electron chi connectivity index (χ4n) is 7.23. The lowest BCUT2D eigenvalue weighted by Gasteiger charge is -2.37. The third kappa shape index (κ3) is 8.48. The van der Waals surface area contributed by atoms with Crippen LogP contribution in [0.1, 0.15) is 36.1 Å². The lowest BCUT2D eigenvalue weighted by Crippen LogP contribution is -2.47. The van der Waals surface area contributed by atoms with Crippen LogP contribution >= 0.6 is 11.8 Å². The van der Waals surface area contributed by atoms with Crippen molar-refractivity contribution in [3.63, 3.8) is 0 Å². The zero-order chi connectivity index (χ0) is 35.8. The third-order valence-corrected chi connectivity index (χ3v) is 12.1. The number of aromatic nitrogens is 2. The van der Waals surface area contributed by atoms with Crippen molar-refractivity contribution in [1.29, 1.82) is 0 Å². The highest BCUT2D eigenvalue weighted by Crippen LogP contribution is 2.40.